The lowest BCUT2D eigenvalue weighted by Gasteiger charge is -2.59. The zero-order chi connectivity index (χ0) is 24.7. The zero-order valence-electron chi connectivity index (χ0n) is 20.3. The first-order valence-electron chi connectivity index (χ1n) is 12.2. The molecule has 186 valence electrons. The molecule has 1 saturated heterocycles. The molecule has 5 N–H and O–H groups in total. The Balaban J connectivity index is 0.000000329. The van der Waals surface area contributed by atoms with Crippen molar-refractivity contribution >= 4 is 23.0 Å². The van der Waals surface area contributed by atoms with Crippen LogP contribution in [0, 0.1) is 51.2 Å². The normalized spacial score (nSPS) is 46.3. The number of hydrogen-bond donors (Lipinski definition) is 5. The van der Waals surface area contributed by atoms with E-state index in [0.717, 1.165) is 33.0 Å². The number of β-amino-alcohol motifs (C(OH)–C–C–N with tert-alkyl or cyclic N) is 1. The second-order valence-electron chi connectivity index (χ2n) is 11.0. The number of nitrogens with one attached hydrogen (secondary N) is 3. The van der Waals surface area contributed by atoms with Gasteiger partial charge in [0.15, 0.2) is 12.0 Å². The number of hydrogen-bond acceptors (Lipinski definition) is 7. The summed E-state index contributed by atoms with van der Waals surface area (Å²) in [6.45, 7) is 7.48. The monoisotopic (exact) mass is 465 g/mol. The maximum atomic E-state index is 14.4. The third kappa shape index (κ3) is 4.12. The van der Waals surface area contributed by atoms with Gasteiger partial charge in [0.25, 0.3) is 0 Å². The summed E-state index contributed by atoms with van der Waals surface area (Å²) in [6, 6.07) is 0. The van der Waals surface area contributed by atoms with Crippen molar-refractivity contribution in [2.24, 2.45) is 40.4 Å². The quantitative estimate of drug-likeness (QED) is 0.375. The maximum Gasteiger partial charge on any atom is 0.173 e. The third-order valence-corrected chi connectivity index (χ3v) is 9.46. The van der Waals surface area contributed by atoms with Crippen LogP contribution in [0.25, 0.3) is 0 Å². The van der Waals surface area contributed by atoms with Gasteiger partial charge in [0.05, 0.1) is 6.10 Å². The summed E-state index contributed by atoms with van der Waals surface area (Å²) in [5.74, 6) is -1.26. The third-order valence-electron chi connectivity index (χ3n) is 9.46. The van der Waals surface area contributed by atoms with Crippen LogP contribution in [-0.2, 0) is 9.59 Å². The van der Waals surface area contributed by atoms with E-state index in [-0.39, 0.29) is 47.4 Å². The summed E-state index contributed by atoms with van der Waals surface area (Å²) in [4.78, 5) is 26.0. The molecule has 1 heterocycles. The van der Waals surface area contributed by atoms with Crippen LogP contribution in [0.15, 0.2) is 0 Å². The number of rotatable bonds is 0. The Morgan fingerprint density at radius 1 is 1.15 bits per heavy atom. The van der Waals surface area contributed by atoms with Gasteiger partial charge in [0.2, 0.25) is 0 Å². The molecule has 1 aliphatic heterocycles. The highest BCUT2D eigenvalue weighted by atomic mass is 19.1. The predicted octanol–water partition coefficient (Wildman–Crippen LogP) is 2.57. The molecule has 4 saturated carbocycles. The maximum absolute atomic E-state index is 14.4. The van der Waals surface area contributed by atoms with Crippen molar-refractivity contribution in [2.45, 2.75) is 71.6 Å². The number of alkyl halides is 1. The van der Waals surface area contributed by atoms with Crippen LogP contribution >= 0.6 is 0 Å². The van der Waals surface area contributed by atoms with Gasteiger partial charge in [-0.3, -0.25) is 9.59 Å². The van der Waals surface area contributed by atoms with Gasteiger partial charge in [0.1, 0.15) is 5.78 Å². The van der Waals surface area contributed by atoms with Crippen LogP contribution in [0.5, 0.6) is 0 Å². The molecular weight excluding hydrogens is 425 g/mol. The number of ketones is 2. The molecule has 5 rings (SSSR count). The van der Waals surface area contributed by atoms with Crippen molar-refractivity contribution in [1.82, 2.24) is 5.32 Å². The Morgan fingerprint density at radius 3 is 2.36 bits per heavy atom. The summed E-state index contributed by atoms with van der Waals surface area (Å²) < 4.78 is 14.4. The van der Waals surface area contributed by atoms with Gasteiger partial charge in [-0.05, 0) is 62.3 Å². The first kappa shape index (κ1) is 26.1. The molecule has 0 amide bonds. The Morgan fingerprint density at radius 2 is 1.82 bits per heavy atom. The van der Waals surface area contributed by atoms with E-state index in [1.54, 1.807) is 6.92 Å². The van der Waals surface area contributed by atoms with Gasteiger partial charge in [-0.15, -0.1) is 0 Å². The van der Waals surface area contributed by atoms with Crippen molar-refractivity contribution in [2.75, 3.05) is 20.2 Å². The average molecular weight is 466 g/mol. The fourth-order valence-corrected chi connectivity index (χ4v) is 7.44. The number of carbonyl (C=O) groups excluding carboxylic acids is 2. The molecule has 5 fully saturated rings. The summed E-state index contributed by atoms with van der Waals surface area (Å²) in [5.41, 5.74) is 0.0383. The first-order valence-corrected chi connectivity index (χ1v) is 12.2. The standard InChI is InChI=1S/C20H27FN2O2.C4H9NO.CH4O/c1-9-17(24)16-11(12-8-14(21)18(25)20(9,12)3)7-15(23)13-6-10(22)4-5-19(13,16)2;6-4-1-2-5-3-4;1-2/h9,11-14,16,22-23H,4-8H2,1-3H3;4-6H,1-3H2;2H,1H3/t9?,11?,12?,13?,14?,16?,19-,20-;;/m0../s1. The summed E-state index contributed by atoms with van der Waals surface area (Å²) in [5, 5.41) is 35.3. The van der Waals surface area contributed by atoms with Crippen LogP contribution in [0.1, 0.15) is 59.3 Å². The largest absolute Gasteiger partial charge is 0.400 e. The van der Waals surface area contributed by atoms with Crippen LogP contribution in [-0.4, -0.2) is 65.7 Å². The number of aliphatic hydroxyl groups excluding tert-OH is 2. The SMILES string of the molecule is CC1C(=O)C2C(CC(=N)C3CC(=N)CC[C@@]32C)C2CC(F)C(=O)[C@@]12C.CO.OC1CCNC1. The second kappa shape index (κ2) is 9.62. The molecule has 8 heteroatoms. The molecule has 5 aliphatic rings. The van der Waals surface area contributed by atoms with E-state index in [1.807, 2.05) is 6.92 Å². The fraction of sp³-hybridized carbons (Fsp3) is 0.840. The van der Waals surface area contributed by atoms with Gasteiger partial charge >= 0.3 is 0 Å². The number of aliphatic hydroxyl groups is 2. The van der Waals surface area contributed by atoms with E-state index in [2.05, 4.69) is 12.2 Å². The van der Waals surface area contributed by atoms with Gasteiger partial charge < -0.3 is 26.3 Å². The van der Waals surface area contributed by atoms with Gasteiger partial charge in [-0.1, -0.05) is 20.8 Å². The molecule has 7 nitrogen and oxygen atoms in total. The number of carbonyl (C=O) groups is 2. The van der Waals surface area contributed by atoms with Crippen LogP contribution < -0.4 is 5.32 Å². The Hall–Kier alpha value is -1.51. The van der Waals surface area contributed by atoms with E-state index in [0.29, 0.717) is 30.7 Å². The van der Waals surface area contributed by atoms with Crippen molar-refractivity contribution in [3.63, 3.8) is 0 Å². The highest BCUT2D eigenvalue weighted by Gasteiger charge is 2.68. The smallest absolute Gasteiger partial charge is 0.173 e. The Labute approximate surface area is 195 Å². The fourth-order valence-electron chi connectivity index (χ4n) is 7.44. The van der Waals surface area contributed by atoms with Crippen molar-refractivity contribution in [3.05, 3.63) is 0 Å². The molecule has 0 aromatic carbocycles. The van der Waals surface area contributed by atoms with Crippen LogP contribution in [0.3, 0.4) is 0 Å². The lowest BCUT2D eigenvalue weighted by Crippen LogP contribution is -2.62. The highest BCUT2D eigenvalue weighted by Crippen LogP contribution is 2.65. The van der Waals surface area contributed by atoms with Crippen LogP contribution in [0.2, 0.25) is 0 Å². The molecule has 4 aliphatic carbocycles. The molecule has 33 heavy (non-hydrogen) atoms. The van der Waals surface area contributed by atoms with Crippen molar-refractivity contribution in [3.8, 4) is 0 Å². The molecule has 0 aromatic rings. The Bertz CT molecular complexity index is 813. The van der Waals surface area contributed by atoms with E-state index < -0.39 is 23.3 Å². The van der Waals surface area contributed by atoms with E-state index in [4.69, 9.17) is 21.0 Å². The molecule has 7 unspecified atom stereocenters. The molecule has 0 radical (unpaired) electrons. The first-order chi connectivity index (χ1) is 15.5. The van der Waals surface area contributed by atoms with E-state index in [9.17, 15) is 14.0 Å². The minimum Gasteiger partial charge on any atom is -0.400 e. The van der Waals surface area contributed by atoms with Gasteiger partial charge in [-0.2, -0.15) is 0 Å². The lowest BCUT2D eigenvalue weighted by molar-refractivity contribution is -0.160. The topological polar surface area (TPSA) is 134 Å². The average Bonchev–Trinajstić information content (AvgIpc) is 3.36. The minimum atomic E-state index is -1.47. The summed E-state index contributed by atoms with van der Waals surface area (Å²) in [7, 11) is 1.00. The van der Waals surface area contributed by atoms with Gasteiger partial charge in [0, 0.05) is 48.2 Å². The van der Waals surface area contributed by atoms with E-state index >= 15 is 0 Å². The zero-order valence-corrected chi connectivity index (χ0v) is 20.3. The summed E-state index contributed by atoms with van der Waals surface area (Å²) in [6.07, 6.45) is 2.09. The molecule has 0 aromatic heterocycles. The predicted molar refractivity (Wildman–Crippen MR) is 124 cm³/mol. The Kier molecular flexibility index (Phi) is 7.61. The highest BCUT2D eigenvalue weighted by molar-refractivity contribution is 6.01. The molecular formula is C25H40FN3O4. The summed E-state index contributed by atoms with van der Waals surface area (Å²) >= 11 is 0. The molecule has 0 bridgehead atoms. The second-order valence-corrected chi connectivity index (χ2v) is 11.0. The lowest BCUT2D eigenvalue weighted by atomic mass is 9.42. The molecule has 0 spiro atoms. The number of Topliss-reactive ketones (excluding diaryl/α,β-unsaturated/α-hetero) is 2. The number of fused-ring (bicyclic) bond motifs is 5. The van der Waals surface area contributed by atoms with Crippen LogP contribution in [0.4, 0.5) is 4.39 Å². The van der Waals surface area contributed by atoms with Crippen molar-refractivity contribution in [1.29, 1.82) is 10.8 Å². The minimum absolute atomic E-state index is 0.0474. The van der Waals surface area contributed by atoms with Gasteiger partial charge in [-0.25, -0.2) is 4.39 Å². The van der Waals surface area contributed by atoms with E-state index in [1.165, 1.54) is 0 Å². The van der Waals surface area contributed by atoms with Crippen molar-refractivity contribution < 1.29 is 24.2 Å². The number of halogens is 1. The molecule has 9 atom stereocenters.